The molecule has 0 radical (unpaired) electrons. The van der Waals surface area contributed by atoms with Crippen molar-refractivity contribution in [3.8, 4) is 0 Å². The van der Waals surface area contributed by atoms with E-state index in [0.29, 0.717) is 10.6 Å². The summed E-state index contributed by atoms with van der Waals surface area (Å²) in [4.78, 5) is 17.8. The Morgan fingerprint density at radius 3 is 2.95 bits per heavy atom. The molecule has 1 aliphatic heterocycles. The van der Waals surface area contributed by atoms with Gasteiger partial charge in [0.2, 0.25) is 0 Å². The molecule has 0 atom stereocenters. The lowest BCUT2D eigenvalue weighted by molar-refractivity contribution is 0.0991. The number of aromatic nitrogens is 1. The number of carbonyl (C=O) groups excluding carboxylic acids is 1. The average molecular weight is 297 g/mol. The molecule has 3 aromatic rings. The summed E-state index contributed by atoms with van der Waals surface area (Å²) in [7, 11) is 0. The topological polar surface area (TPSA) is 36.1 Å². The molecular weight excluding hydrogens is 284 g/mol. The van der Waals surface area contributed by atoms with Gasteiger partial charge in [0.25, 0.3) is 5.91 Å². The molecule has 0 unspecified atom stereocenters. The lowest BCUT2D eigenvalue weighted by atomic mass is 10.1. The van der Waals surface area contributed by atoms with Crippen LogP contribution in [-0.4, -0.2) is 17.4 Å². The van der Waals surface area contributed by atoms with Crippen LogP contribution in [0, 0.1) is 0 Å². The maximum absolute atomic E-state index is 12.9. The lowest BCUT2D eigenvalue weighted by Crippen LogP contribution is -2.28. The second kappa shape index (κ2) is 4.64. The number of amides is 1. The number of hydrogen-bond donors (Lipinski definition) is 1. The van der Waals surface area contributed by atoms with Crippen LogP contribution in [0.3, 0.4) is 0 Å². The zero-order valence-electron chi connectivity index (χ0n) is 11.3. The largest absolute Gasteiger partial charge is 0.360 e. The van der Waals surface area contributed by atoms with Crippen LogP contribution in [-0.2, 0) is 6.42 Å². The van der Waals surface area contributed by atoms with Crippen LogP contribution in [0.2, 0.25) is 5.02 Å². The van der Waals surface area contributed by atoms with E-state index in [-0.39, 0.29) is 5.91 Å². The van der Waals surface area contributed by atoms with Crippen molar-refractivity contribution in [1.29, 1.82) is 0 Å². The first-order chi connectivity index (χ1) is 10.2. The SMILES string of the molecule is O=C(c1c[nH]c2ccc(Cl)cc12)N1CCc2ccccc21. The Morgan fingerprint density at radius 1 is 1.19 bits per heavy atom. The Balaban J connectivity index is 1.80. The van der Waals surface area contributed by atoms with Crippen LogP contribution in [0.15, 0.2) is 48.7 Å². The molecule has 0 saturated heterocycles. The number of rotatable bonds is 1. The highest BCUT2D eigenvalue weighted by atomic mass is 35.5. The number of benzene rings is 2. The predicted octanol–water partition coefficient (Wildman–Crippen LogP) is 4.02. The molecule has 2 aromatic carbocycles. The van der Waals surface area contributed by atoms with Crippen LogP contribution < -0.4 is 4.90 Å². The molecule has 4 rings (SSSR count). The number of para-hydroxylation sites is 1. The van der Waals surface area contributed by atoms with Crippen molar-refractivity contribution in [1.82, 2.24) is 4.98 Å². The van der Waals surface area contributed by atoms with E-state index >= 15 is 0 Å². The van der Waals surface area contributed by atoms with Gasteiger partial charge in [-0.25, -0.2) is 0 Å². The first kappa shape index (κ1) is 12.5. The lowest BCUT2D eigenvalue weighted by Gasteiger charge is -2.16. The van der Waals surface area contributed by atoms with E-state index in [4.69, 9.17) is 11.6 Å². The van der Waals surface area contributed by atoms with E-state index in [0.717, 1.165) is 29.6 Å². The number of fused-ring (bicyclic) bond motifs is 2. The fourth-order valence-electron chi connectivity index (χ4n) is 2.96. The van der Waals surface area contributed by atoms with Gasteiger partial charge in [-0.15, -0.1) is 0 Å². The smallest absolute Gasteiger partial charge is 0.260 e. The highest BCUT2D eigenvalue weighted by Gasteiger charge is 2.26. The van der Waals surface area contributed by atoms with E-state index in [2.05, 4.69) is 11.1 Å². The van der Waals surface area contributed by atoms with E-state index < -0.39 is 0 Å². The third-order valence-corrected chi connectivity index (χ3v) is 4.24. The van der Waals surface area contributed by atoms with Crippen molar-refractivity contribution in [3.05, 3.63) is 64.8 Å². The van der Waals surface area contributed by atoms with Gasteiger partial charge in [-0.05, 0) is 36.2 Å². The van der Waals surface area contributed by atoms with Crippen LogP contribution >= 0.6 is 11.6 Å². The number of halogens is 1. The van der Waals surface area contributed by atoms with Crippen molar-refractivity contribution in [3.63, 3.8) is 0 Å². The van der Waals surface area contributed by atoms with E-state index in [1.165, 1.54) is 5.56 Å². The van der Waals surface area contributed by atoms with E-state index in [1.807, 2.05) is 41.3 Å². The number of nitrogens with zero attached hydrogens (tertiary/aromatic N) is 1. The second-order valence-corrected chi connectivity index (χ2v) is 5.66. The zero-order chi connectivity index (χ0) is 14.4. The molecule has 3 nitrogen and oxygen atoms in total. The number of anilines is 1. The van der Waals surface area contributed by atoms with E-state index in [9.17, 15) is 4.79 Å². The van der Waals surface area contributed by atoms with Gasteiger partial charge in [-0.2, -0.15) is 0 Å². The summed E-state index contributed by atoms with van der Waals surface area (Å²) in [5, 5.41) is 1.51. The van der Waals surface area contributed by atoms with Gasteiger partial charge in [0.05, 0.1) is 5.56 Å². The van der Waals surface area contributed by atoms with Gasteiger partial charge in [0, 0.05) is 34.4 Å². The van der Waals surface area contributed by atoms with Crippen molar-refractivity contribution in [2.24, 2.45) is 0 Å². The number of hydrogen-bond acceptors (Lipinski definition) is 1. The van der Waals surface area contributed by atoms with Crippen LogP contribution in [0.4, 0.5) is 5.69 Å². The molecule has 0 fully saturated rings. The number of H-pyrrole nitrogens is 1. The zero-order valence-corrected chi connectivity index (χ0v) is 12.0. The Labute approximate surface area is 127 Å². The maximum Gasteiger partial charge on any atom is 0.260 e. The number of nitrogens with one attached hydrogen (secondary N) is 1. The highest BCUT2D eigenvalue weighted by molar-refractivity contribution is 6.31. The summed E-state index contributed by atoms with van der Waals surface area (Å²) >= 11 is 6.05. The Bertz CT molecular complexity index is 853. The molecule has 1 N–H and O–H groups in total. The molecule has 2 heterocycles. The second-order valence-electron chi connectivity index (χ2n) is 5.23. The summed E-state index contributed by atoms with van der Waals surface area (Å²) in [6.45, 7) is 0.728. The first-order valence-electron chi connectivity index (χ1n) is 6.90. The molecule has 0 bridgehead atoms. The van der Waals surface area contributed by atoms with Gasteiger partial charge in [-0.1, -0.05) is 29.8 Å². The number of aromatic amines is 1. The quantitative estimate of drug-likeness (QED) is 0.723. The Hall–Kier alpha value is -2.26. The minimum Gasteiger partial charge on any atom is -0.360 e. The summed E-state index contributed by atoms with van der Waals surface area (Å²) in [5.41, 5.74) is 3.84. The van der Waals surface area contributed by atoms with Crippen molar-refractivity contribution >= 4 is 34.1 Å². The third-order valence-electron chi connectivity index (χ3n) is 4.01. The minimum atomic E-state index is 0.0217. The molecule has 0 saturated carbocycles. The van der Waals surface area contributed by atoms with Gasteiger partial charge < -0.3 is 9.88 Å². The monoisotopic (exact) mass is 296 g/mol. The molecule has 1 aliphatic rings. The molecular formula is C17H13ClN2O. The normalized spacial score (nSPS) is 13.7. The van der Waals surface area contributed by atoms with Gasteiger partial charge >= 0.3 is 0 Å². The molecule has 21 heavy (non-hydrogen) atoms. The molecule has 0 aliphatic carbocycles. The van der Waals surface area contributed by atoms with E-state index in [1.54, 1.807) is 6.20 Å². The van der Waals surface area contributed by atoms with Crippen molar-refractivity contribution in [2.45, 2.75) is 6.42 Å². The molecule has 1 aromatic heterocycles. The molecule has 104 valence electrons. The molecule has 4 heteroatoms. The predicted molar refractivity (Wildman–Crippen MR) is 85.1 cm³/mol. The van der Waals surface area contributed by atoms with Crippen LogP contribution in [0.5, 0.6) is 0 Å². The van der Waals surface area contributed by atoms with Gasteiger partial charge in [0.15, 0.2) is 0 Å². The van der Waals surface area contributed by atoms with Crippen LogP contribution in [0.1, 0.15) is 15.9 Å². The molecule has 1 amide bonds. The highest BCUT2D eigenvalue weighted by Crippen LogP contribution is 2.31. The molecule has 0 spiro atoms. The van der Waals surface area contributed by atoms with Gasteiger partial charge in [-0.3, -0.25) is 4.79 Å². The fourth-order valence-corrected chi connectivity index (χ4v) is 3.14. The summed E-state index contributed by atoms with van der Waals surface area (Å²) in [6.07, 6.45) is 2.68. The summed E-state index contributed by atoms with van der Waals surface area (Å²) in [6, 6.07) is 13.6. The number of carbonyl (C=O) groups is 1. The Kier molecular flexibility index (Phi) is 2.76. The fraction of sp³-hybridized carbons (Fsp3) is 0.118. The average Bonchev–Trinajstić information content (AvgIpc) is 3.10. The Morgan fingerprint density at radius 2 is 2.05 bits per heavy atom. The summed E-state index contributed by atoms with van der Waals surface area (Å²) in [5.74, 6) is 0.0217. The van der Waals surface area contributed by atoms with Gasteiger partial charge in [0.1, 0.15) is 0 Å². The van der Waals surface area contributed by atoms with Crippen LogP contribution in [0.25, 0.3) is 10.9 Å². The first-order valence-corrected chi connectivity index (χ1v) is 7.28. The minimum absolute atomic E-state index is 0.0217. The van der Waals surface area contributed by atoms with Crippen molar-refractivity contribution < 1.29 is 4.79 Å². The van der Waals surface area contributed by atoms with Crippen molar-refractivity contribution in [2.75, 3.05) is 11.4 Å². The third kappa shape index (κ3) is 1.93. The summed E-state index contributed by atoms with van der Waals surface area (Å²) < 4.78 is 0. The standard InChI is InChI=1S/C17H13ClN2O/c18-12-5-6-15-13(9-12)14(10-19-15)17(21)20-8-7-11-3-1-2-4-16(11)20/h1-6,9-10,19H,7-8H2. The maximum atomic E-state index is 12.9.